The quantitative estimate of drug-likeness (QED) is 0.783. The van der Waals surface area contributed by atoms with E-state index < -0.39 is 0 Å². The van der Waals surface area contributed by atoms with Crippen molar-refractivity contribution in [3.05, 3.63) is 41.2 Å². The Morgan fingerprint density at radius 3 is 2.79 bits per heavy atom. The average molecular weight is 398 g/mol. The fourth-order valence-electron chi connectivity index (χ4n) is 4.85. The lowest BCUT2D eigenvalue weighted by molar-refractivity contribution is 0.0937. The normalized spacial score (nSPS) is 19.2. The summed E-state index contributed by atoms with van der Waals surface area (Å²) in [6.45, 7) is 4.52. The van der Waals surface area contributed by atoms with Gasteiger partial charge >= 0.3 is 0 Å². The second-order valence-electron chi connectivity index (χ2n) is 8.35. The van der Waals surface area contributed by atoms with E-state index >= 15 is 0 Å². The summed E-state index contributed by atoms with van der Waals surface area (Å²) in [6, 6.07) is 8.58. The van der Waals surface area contributed by atoms with E-state index in [2.05, 4.69) is 33.1 Å². The van der Waals surface area contributed by atoms with Crippen LogP contribution in [-0.2, 0) is 5.41 Å². The third kappa shape index (κ3) is 4.01. The van der Waals surface area contributed by atoms with Gasteiger partial charge in [-0.25, -0.2) is 4.68 Å². The Kier molecular flexibility index (Phi) is 5.85. The molecule has 2 aromatic rings. The van der Waals surface area contributed by atoms with Crippen LogP contribution in [0.15, 0.2) is 24.3 Å². The summed E-state index contributed by atoms with van der Waals surface area (Å²) < 4.78 is 7.35. The van der Waals surface area contributed by atoms with Gasteiger partial charge in [-0.15, -0.1) is 5.10 Å². The van der Waals surface area contributed by atoms with E-state index in [0.29, 0.717) is 18.3 Å². The second kappa shape index (κ2) is 8.53. The summed E-state index contributed by atoms with van der Waals surface area (Å²) in [5.74, 6) is 0.734. The first-order valence-corrected chi connectivity index (χ1v) is 10.7. The minimum Gasteiger partial charge on any atom is -0.497 e. The second-order valence-corrected chi connectivity index (χ2v) is 8.35. The van der Waals surface area contributed by atoms with Crippen LogP contribution in [-0.4, -0.2) is 47.6 Å². The van der Waals surface area contributed by atoms with Crippen LogP contribution >= 0.6 is 0 Å². The van der Waals surface area contributed by atoms with Gasteiger partial charge in [-0.3, -0.25) is 4.79 Å². The first kappa shape index (κ1) is 19.9. The summed E-state index contributed by atoms with van der Waals surface area (Å²) >= 11 is 0. The zero-order valence-corrected chi connectivity index (χ0v) is 17.4. The van der Waals surface area contributed by atoms with Crippen molar-refractivity contribution in [1.82, 2.24) is 25.6 Å². The van der Waals surface area contributed by atoms with Gasteiger partial charge in [-0.2, -0.15) is 0 Å². The Morgan fingerprint density at radius 1 is 1.31 bits per heavy atom. The molecule has 1 amide bonds. The Hall–Kier alpha value is -2.41. The van der Waals surface area contributed by atoms with Crippen molar-refractivity contribution in [2.24, 2.45) is 0 Å². The molecular formula is C22H31N5O2. The molecule has 0 atom stereocenters. The maximum Gasteiger partial charge on any atom is 0.273 e. The summed E-state index contributed by atoms with van der Waals surface area (Å²) in [6.07, 6.45) is 6.53. The van der Waals surface area contributed by atoms with Crippen LogP contribution in [0.4, 0.5) is 0 Å². The van der Waals surface area contributed by atoms with Crippen LogP contribution in [0.25, 0.3) is 0 Å². The SMILES string of the molecule is COc1cccc(C2(CNC(=O)c3nnn(C4CCNCC4)c3C)CCCC2)c1. The molecule has 0 radical (unpaired) electrons. The first-order chi connectivity index (χ1) is 14.1. The van der Waals surface area contributed by atoms with Crippen molar-refractivity contribution in [2.45, 2.75) is 56.9 Å². The van der Waals surface area contributed by atoms with Crippen molar-refractivity contribution in [3.8, 4) is 5.75 Å². The molecule has 0 spiro atoms. The maximum absolute atomic E-state index is 13.0. The Bertz CT molecular complexity index is 851. The third-order valence-corrected chi connectivity index (χ3v) is 6.63. The molecule has 2 aliphatic rings. The van der Waals surface area contributed by atoms with Crippen LogP contribution < -0.4 is 15.4 Å². The number of amides is 1. The zero-order valence-electron chi connectivity index (χ0n) is 17.4. The Labute approximate surface area is 172 Å². The van der Waals surface area contributed by atoms with Crippen LogP contribution in [0.1, 0.15) is 66.3 Å². The maximum atomic E-state index is 13.0. The van der Waals surface area contributed by atoms with Crippen LogP contribution in [0.2, 0.25) is 0 Å². The summed E-state index contributed by atoms with van der Waals surface area (Å²) in [4.78, 5) is 13.0. The monoisotopic (exact) mass is 397 g/mol. The lowest BCUT2D eigenvalue weighted by Gasteiger charge is -2.30. The molecule has 0 unspecified atom stereocenters. The molecule has 1 aliphatic carbocycles. The molecule has 7 heteroatoms. The average Bonchev–Trinajstić information content (AvgIpc) is 3.40. The van der Waals surface area contributed by atoms with Gasteiger partial charge in [0.05, 0.1) is 18.8 Å². The number of hydrogen-bond donors (Lipinski definition) is 2. The first-order valence-electron chi connectivity index (χ1n) is 10.7. The summed E-state index contributed by atoms with van der Waals surface area (Å²) in [5.41, 5.74) is 2.51. The van der Waals surface area contributed by atoms with Crippen LogP contribution in [0.3, 0.4) is 0 Å². The number of rotatable bonds is 6. The number of methoxy groups -OCH3 is 1. The number of carbonyl (C=O) groups is 1. The standard InChI is InChI=1S/C22H31N5O2/c1-16-20(25-26-27(16)18-8-12-23-13-9-18)21(28)24-15-22(10-3-4-11-22)17-6-5-7-19(14-17)29-2/h5-7,14,18,23H,3-4,8-13,15H2,1-2H3,(H,24,28). The van der Waals surface area contributed by atoms with Crippen molar-refractivity contribution >= 4 is 5.91 Å². The predicted octanol–water partition coefficient (Wildman–Crippen LogP) is 2.76. The molecule has 1 saturated carbocycles. The number of carbonyl (C=O) groups excluding carboxylic acids is 1. The highest BCUT2D eigenvalue weighted by molar-refractivity contribution is 5.93. The van der Waals surface area contributed by atoms with E-state index in [0.717, 1.165) is 50.2 Å². The number of nitrogens with one attached hydrogen (secondary N) is 2. The number of benzene rings is 1. The molecule has 1 aromatic carbocycles. The van der Waals surface area contributed by atoms with Crippen LogP contribution in [0, 0.1) is 6.92 Å². The third-order valence-electron chi connectivity index (χ3n) is 6.63. The zero-order chi connectivity index (χ0) is 20.3. The Morgan fingerprint density at radius 2 is 2.07 bits per heavy atom. The lowest BCUT2D eigenvalue weighted by atomic mass is 9.78. The van der Waals surface area contributed by atoms with E-state index in [1.807, 2.05) is 23.7 Å². The van der Waals surface area contributed by atoms with Gasteiger partial charge in [0.25, 0.3) is 5.91 Å². The molecule has 2 N–H and O–H groups in total. The smallest absolute Gasteiger partial charge is 0.273 e. The fourth-order valence-corrected chi connectivity index (χ4v) is 4.85. The lowest BCUT2D eigenvalue weighted by Crippen LogP contribution is -2.39. The van der Waals surface area contributed by atoms with Gasteiger partial charge < -0.3 is 15.4 Å². The summed E-state index contributed by atoms with van der Waals surface area (Å²) in [5, 5.41) is 15.0. The molecular weight excluding hydrogens is 366 g/mol. The minimum absolute atomic E-state index is 0.0386. The molecule has 2 fully saturated rings. The van der Waals surface area contributed by atoms with Gasteiger partial charge in [-0.1, -0.05) is 30.2 Å². The number of aromatic nitrogens is 3. The van der Waals surface area contributed by atoms with Crippen molar-refractivity contribution in [1.29, 1.82) is 0 Å². The van der Waals surface area contributed by atoms with Gasteiger partial charge in [0.2, 0.25) is 0 Å². The summed E-state index contributed by atoms with van der Waals surface area (Å²) in [7, 11) is 1.69. The van der Waals surface area contributed by atoms with E-state index in [1.165, 1.54) is 18.4 Å². The largest absolute Gasteiger partial charge is 0.497 e. The number of piperidine rings is 1. The molecule has 29 heavy (non-hydrogen) atoms. The van der Waals surface area contributed by atoms with E-state index in [1.54, 1.807) is 7.11 Å². The van der Waals surface area contributed by atoms with Crippen molar-refractivity contribution < 1.29 is 9.53 Å². The predicted molar refractivity (Wildman–Crippen MR) is 111 cm³/mol. The molecule has 4 rings (SSSR count). The molecule has 2 heterocycles. The topological polar surface area (TPSA) is 81.1 Å². The minimum atomic E-state index is -0.128. The molecule has 7 nitrogen and oxygen atoms in total. The fraction of sp³-hybridized carbons (Fsp3) is 0.591. The van der Waals surface area contributed by atoms with Crippen molar-refractivity contribution in [2.75, 3.05) is 26.7 Å². The highest BCUT2D eigenvalue weighted by Gasteiger charge is 2.36. The molecule has 1 aromatic heterocycles. The van der Waals surface area contributed by atoms with Gasteiger partial charge in [0, 0.05) is 12.0 Å². The van der Waals surface area contributed by atoms with Crippen LogP contribution in [0.5, 0.6) is 5.75 Å². The highest BCUT2D eigenvalue weighted by atomic mass is 16.5. The number of nitrogens with zero attached hydrogens (tertiary/aromatic N) is 3. The van der Waals surface area contributed by atoms with Gasteiger partial charge in [-0.05, 0) is 63.4 Å². The number of ether oxygens (including phenoxy) is 1. The molecule has 1 saturated heterocycles. The Balaban J connectivity index is 1.48. The molecule has 0 bridgehead atoms. The number of hydrogen-bond acceptors (Lipinski definition) is 5. The molecule has 156 valence electrons. The van der Waals surface area contributed by atoms with E-state index in [4.69, 9.17) is 4.74 Å². The van der Waals surface area contributed by atoms with Crippen molar-refractivity contribution in [3.63, 3.8) is 0 Å². The van der Waals surface area contributed by atoms with Gasteiger partial charge in [0.15, 0.2) is 5.69 Å². The van der Waals surface area contributed by atoms with E-state index in [9.17, 15) is 4.79 Å². The highest BCUT2D eigenvalue weighted by Crippen LogP contribution is 2.41. The molecule has 1 aliphatic heterocycles. The van der Waals surface area contributed by atoms with E-state index in [-0.39, 0.29) is 11.3 Å². The van der Waals surface area contributed by atoms with Gasteiger partial charge in [0.1, 0.15) is 5.75 Å².